The summed E-state index contributed by atoms with van der Waals surface area (Å²) >= 11 is 1.39. The lowest BCUT2D eigenvalue weighted by Gasteiger charge is -2.14. The fourth-order valence-corrected chi connectivity index (χ4v) is 3.81. The normalized spacial score (nSPS) is 12.2. The van der Waals surface area contributed by atoms with Gasteiger partial charge in [-0.05, 0) is 46.2 Å². The maximum absolute atomic E-state index is 12.7. The summed E-state index contributed by atoms with van der Waals surface area (Å²) in [7, 11) is 1.86. The molecule has 1 atom stereocenters. The van der Waals surface area contributed by atoms with Crippen molar-refractivity contribution < 1.29 is 4.79 Å². The molecule has 0 saturated carbocycles. The first-order valence-electron chi connectivity index (χ1n) is 8.75. The molecule has 0 bridgehead atoms. The number of para-hydroxylation sites is 1. The van der Waals surface area contributed by atoms with Gasteiger partial charge in [0.2, 0.25) is 5.91 Å². The number of benzene rings is 1. The van der Waals surface area contributed by atoms with Gasteiger partial charge in [0, 0.05) is 7.05 Å². The summed E-state index contributed by atoms with van der Waals surface area (Å²) in [5.41, 5.74) is 4.65. The summed E-state index contributed by atoms with van der Waals surface area (Å²) in [6.45, 7) is 9.65. The summed E-state index contributed by atoms with van der Waals surface area (Å²) in [5.74, 6) is 0.703. The van der Waals surface area contributed by atoms with Crippen molar-refractivity contribution in [1.29, 1.82) is 0 Å². The number of carbonyl (C=O) groups is 1. The predicted molar refractivity (Wildman–Crippen MR) is 107 cm³/mol. The van der Waals surface area contributed by atoms with Crippen LogP contribution >= 0.6 is 11.8 Å². The number of rotatable bonds is 5. The zero-order valence-corrected chi connectivity index (χ0v) is 17.3. The van der Waals surface area contributed by atoms with Crippen LogP contribution in [0.4, 0.5) is 5.69 Å². The van der Waals surface area contributed by atoms with Gasteiger partial charge in [0.15, 0.2) is 5.16 Å². The van der Waals surface area contributed by atoms with E-state index in [1.54, 1.807) is 4.68 Å². The van der Waals surface area contributed by atoms with E-state index < -0.39 is 0 Å². The Morgan fingerprint density at radius 2 is 1.85 bits per heavy atom. The molecule has 0 saturated heterocycles. The second-order valence-electron chi connectivity index (χ2n) is 6.57. The maximum Gasteiger partial charge on any atom is 0.237 e. The molecule has 0 fully saturated rings. The van der Waals surface area contributed by atoms with Crippen LogP contribution in [0.25, 0.3) is 5.69 Å². The van der Waals surface area contributed by atoms with E-state index in [2.05, 4.69) is 20.6 Å². The minimum atomic E-state index is -0.338. The van der Waals surface area contributed by atoms with Crippen molar-refractivity contribution >= 4 is 23.4 Å². The average molecular weight is 385 g/mol. The molecule has 0 aliphatic rings. The molecule has 3 aromatic rings. The van der Waals surface area contributed by atoms with Crippen LogP contribution in [0.15, 0.2) is 29.4 Å². The Hall–Kier alpha value is -2.61. The summed E-state index contributed by atoms with van der Waals surface area (Å²) in [5, 5.41) is 16.2. The highest BCUT2D eigenvalue weighted by Gasteiger charge is 2.22. The van der Waals surface area contributed by atoms with E-state index >= 15 is 0 Å². The topological polar surface area (TPSA) is 77.6 Å². The summed E-state index contributed by atoms with van der Waals surface area (Å²) < 4.78 is 3.76. The molecule has 8 heteroatoms. The lowest BCUT2D eigenvalue weighted by molar-refractivity contribution is -0.115. The summed E-state index contributed by atoms with van der Waals surface area (Å²) in [6, 6.07) is 8.07. The molecule has 1 amide bonds. The Labute approximate surface area is 163 Å². The first-order valence-corrected chi connectivity index (χ1v) is 9.63. The lowest BCUT2D eigenvalue weighted by Crippen LogP contribution is -2.23. The first kappa shape index (κ1) is 19.2. The Bertz CT molecular complexity index is 990. The van der Waals surface area contributed by atoms with Gasteiger partial charge in [0.05, 0.1) is 28.0 Å². The number of nitrogens with one attached hydrogen (secondary N) is 1. The van der Waals surface area contributed by atoms with Gasteiger partial charge < -0.3 is 5.32 Å². The van der Waals surface area contributed by atoms with Crippen molar-refractivity contribution in [2.75, 3.05) is 5.32 Å². The number of hydrogen-bond donors (Lipinski definition) is 1. The average Bonchev–Trinajstić information content (AvgIpc) is 3.09. The third-order valence-electron chi connectivity index (χ3n) is 4.56. The molecule has 1 aromatic carbocycles. The Kier molecular flexibility index (Phi) is 5.36. The molecule has 1 unspecified atom stereocenters. The van der Waals surface area contributed by atoms with Gasteiger partial charge in [-0.15, -0.1) is 10.2 Å². The highest BCUT2D eigenvalue weighted by Crippen LogP contribution is 2.28. The molecule has 0 aliphatic heterocycles. The fraction of sp³-hybridized carbons (Fsp3) is 0.368. The third-order valence-corrected chi connectivity index (χ3v) is 5.60. The highest BCUT2D eigenvalue weighted by atomic mass is 32.2. The Morgan fingerprint density at radius 3 is 2.48 bits per heavy atom. The van der Waals surface area contributed by atoms with Crippen LogP contribution in [0, 0.1) is 27.7 Å². The third kappa shape index (κ3) is 3.75. The SMILES string of the molecule is Cc1ccccc1-n1c(C)nnc1SC(C)C(=O)Nc1c(C)nn(C)c1C. The van der Waals surface area contributed by atoms with Gasteiger partial charge >= 0.3 is 0 Å². The van der Waals surface area contributed by atoms with Gasteiger partial charge in [-0.2, -0.15) is 5.10 Å². The number of amides is 1. The van der Waals surface area contributed by atoms with E-state index in [1.165, 1.54) is 11.8 Å². The molecule has 0 radical (unpaired) electrons. The highest BCUT2D eigenvalue weighted by molar-refractivity contribution is 8.00. The van der Waals surface area contributed by atoms with E-state index in [4.69, 9.17) is 0 Å². The van der Waals surface area contributed by atoms with Gasteiger partial charge in [0.25, 0.3) is 0 Å². The van der Waals surface area contributed by atoms with Crippen LogP contribution in [0.1, 0.15) is 29.7 Å². The van der Waals surface area contributed by atoms with Crippen molar-refractivity contribution in [2.24, 2.45) is 7.05 Å². The fourth-order valence-electron chi connectivity index (χ4n) is 2.90. The van der Waals surface area contributed by atoms with Gasteiger partial charge in [-0.3, -0.25) is 14.0 Å². The number of anilines is 1. The quantitative estimate of drug-likeness (QED) is 0.683. The standard InChI is InChI=1S/C19H24N6OS/c1-11-9-7-8-10-16(11)25-15(5)21-22-19(25)27-14(4)18(26)20-17-12(2)23-24(6)13(17)3/h7-10,14H,1-6H3,(H,20,26). The number of thioether (sulfide) groups is 1. The number of nitrogens with zero attached hydrogens (tertiary/aromatic N) is 5. The summed E-state index contributed by atoms with van der Waals surface area (Å²) in [4.78, 5) is 12.7. The van der Waals surface area contributed by atoms with Crippen molar-refractivity contribution in [2.45, 2.75) is 45.0 Å². The zero-order chi connectivity index (χ0) is 19.7. The van der Waals surface area contributed by atoms with E-state index in [1.807, 2.05) is 70.5 Å². The molecular formula is C19H24N6OS. The molecule has 142 valence electrons. The molecule has 7 nitrogen and oxygen atoms in total. The number of hydrogen-bond acceptors (Lipinski definition) is 5. The van der Waals surface area contributed by atoms with E-state index in [-0.39, 0.29) is 11.2 Å². The van der Waals surface area contributed by atoms with Crippen molar-refractivity contribution in [3.8, 4) is 5.69 Å². The molecular weight excluding hydrogens is 360 g/mol. The molecule has 27 heavy (non-hydrogen) atoms. The number of carbonyl (C=O) groups excluding carboxylic acids is 1. The Morgan fingerprint density at radius 1 is 1.15 bits per heavy atom. The second kappa shape index (κ2) is 7.56. The summed E-state index contributed by atoms with van der Waals surface area (Å²) in [6.07, 6.45) is 0. The molecule has 2 heterocycles. The second-order valence-corrected chi connectivity index (χ2v) is 7.88. The monoisotopic (exact) mass is 384 g/mol. The molecule has 3 rings (SSSR count). The minimum Gasteiger partial charge on any atom is -0.322 e. The van der Waals surface area contributed by atoms with Gasteiger partial charge in [-0.25, -0.2) is 0 Å². The van der Waals surface area contributed by atoms with Crippen LogP contribution in [0.5, 0.6) is 0 Å². The smallest absolute Gasteiger partial charge is 0.237 e. The molecule has 1 N–H and O–H groups in total. The van der Waals surface area contributed by atoms with E-state index in [0.717, 1.165) is 34.2 Å². The first-order chi connectivity index (χ1) is 12.8. The predicted octanol–water partition coefficient (Wildman–Crippen LogP) is 3.35. The largest absolute Gasteiger partial charge is 0.322 e. The number of aryl methyl sites for hydroxylation is 4. The van der Waals surface area contributed by atoms with E-state index in [9.17, 15) is 4.79 Å². The Balaban J connectivity index is 1.82. The lowest BCUT2D eigenvalue weighted by atomic mass is 10.2. The van der Waals surface area contributed by atoms with Crippen LogP contribution in [0.3, 0.4) is 0 Å². The minimum absolute atomic E-state index is 0.0869. The van der Waals surface area contributed by atoms with Crippen LogP contribution in [-0.2, 0) is 11.8 Å². The van der Waals surface area contributed by atoms with Crippen LogP contribution in [0.2, 0.25) is 0 Å². The molecule has 2 aromatic heterocycles. The molecule has 0 aliphatic carbocycles. The van der Waals surface area contributed by atoms with E-state index in [0.29, 0.717) is 5.16 Å². The van der Waals surface area contributed by atoms with Crippen LogP contribution in [-0.4, -0.2) is 35.7 Å². The molecule has 0 spiro atoms. The van der Waals surface area contributed by atoms with Crippen molar-refractivity contribution in [3.63, 3.8) is 0 Å². The van der Waals surface area contributed by atoms with Crippen molar-refractivity contribution in [3.05, 3.63) is 47.0 Å². The van der Waals surface area contributed by atoms with Gasteiger partial charge in [0.1, 0.15) is 5.82 Å². The van der Waals surface area contributed by atoms with Gasteiger partial charge in [-0.1, -0.05) is 30.0 Å². The maximum atomic E-state index is 12.7. The number of aromatic nitrogens is 5. The van der Waals surface area contributed by atoms with Crippen molar-refractivity contribution in [1.82, 2.24) is 24.5 Å². The van der Waals surface area contributed by atoms with Crippen LogP contribution < -0.4 is 5.32 Å². The zero-order valence-electron chi connectivity index (χ0n) is 16.4.